The third kappa shape index (κ3) is 4.25. The number of halogens is 3. The fourth-order valence-corrected chi connectivity index (χ4v) is 3.22. The zero-order valence-electron chi connectivity index (χ0n) is 16.1. The zero-order chi connectivity index (χ0) is 21.3. The van der Waals surface area contributed by atoms with E-state index in [-0.39, 0.29) is 29.1 Å². The van der Waals surface area contributed by atoms with Crippen molar-refractivity contribution >= 4 is 11.0 Å². The molecule has 0 bridgehead atoms. The molecule has 1 aliphatic heterocycles. The van der Waals surface area contributed by atoms with Crippen LogP contribution in [-0.2, 0) is 11.8 Å². The van der Waals surface area contributed by atoms with Crippen LogP contribution in [0.15, 0.2) is 35.3 Å². The Morgan fingerprint density at radius 1 is 1.30 bits per heavy atom. The minimum atomic E-state index is -4.45. The van der Waals surface area contributed by atoms with Gasteiger partial charge in [0.15, 0.2) is 12.3 Å². The van der Waals surface area contributed by atoms with Gasteiger partial charge in [0.05, 0.1) is 18.8 Å². The summed E-state index contributed by atoms with van der Waals surface area (Å²) < 4.78 is 55.9. The van der Waals surface area contributed by atoms with Crippen LogP contribution in [0.25, 0.3) is 11.0 Å². The van der Waals surface area contributed by atoms with Crippen molar-refractivity contribution in [2.24, 2.45) is 7.05 Å². The average molecular weight is 424 g/mol. The van der Waals surface area contributed by atoms with E-state index in [1.165, 1.54) is 42.1 Å². The first-order valence-electron chi connectivity index (χ1n) is 9.31. The van der Waals surface area contributed by atoms with E-state index in [1.807, 2.05) is 0 Å². The highest BCUT2D eigenvalue weighted by molar-refractivity contribution is 5.73. The predicted octanol–water partition coefficient (Wildman–Crippen LogP) is 3.21. The first-order valence-corrected chi connectivity index (χ1v) is 9.31. The van der Waals surface area contributed by atoms with Gasteiger partial charge in [-0.25, -0.2) is 4.68 Å². The summed E-state index contributed by atoms with van der Waals surface area (Å²) in [7, 11) is 1.50. The van der Waals surface area contributed by atoms with Gasteiger partial charge in [0.2, 0.25) is 0 Å². The zero-order valence-corrected chi connectivity index (χ0v) is 16.1. The Labute approximate surface area is 168 Å². The molecule has 0 radical (unpaired) electrons. The van der Waals surface area contributed by atoms with E-state index in [9.17, 15) is 18.0 Å². The highest BCUT2D eigenvalue weighted by atomic mass is 19.4. The molecular weight excluding hydrogens is 405 g/mol. The monoisotopic (exact) mass is 424 g/mol. The van der Waals surface area contributed by atoms with Crippen molar-refractivity contribution in [2.45, 2.75) is 25.1 Å². The molecule has 1 aromatic carbocycles. The fourth-order valence-electron chi connectivity index (χ4n) is 3.22. The number of ether oxygens (including phenoxy) is 3. The summed E-state index contributed by atoms with van der Waals surface area (Å²) in [5.41, 5.74) is 0.0236. The van der Waals surface area contributed by atoms with Crippen LogP contribution in [-0.4, -0.2) is 45.3 Å². The predicted molar refractivity (Wildman–Crippen MR) is 99.9 cm³/mol. The van der Waals surface area contributed by atoms with E-state index in [0.717, 1.165) is 12.8 Å². The molecule has 3 heterocycles. The van der Waals surface area contributed by atoms with Crippen molar-refractivity contribution in [2.75, 3.05) is 19.8 Å². The van der Waals surface area contributed by atoms with Gasteiger partial charge < -0.3 is 14.2 Å². The molecule has 0 spiro atoms. The van der Waals surface area contributed by atoms with Crippen LogP contribution < -0.4 is 15.0 Å². The minimum absolute atomic E-state index is 0.0136. The Bertz CT molecular complexity index is 1100. The molecule has 2 aromatic heterocycles. The smallest absolute Gasteiger partial charge is 0.422 e. The van der Waals surface area contributed by atoms with E-state index in [1.54, 1.807) is 4.68 Å². The van der Waals surface area contributed by atoms with Gasteiger partial charge in [0, 0.05) is 19.7 Å². The van der Waals surface area contributed by atoms with Crippen LogP contribution in [0.1, 0.15) is 18.9 Å². The summed E-state index contributed by atoms with van der Waals surface area (Å²) in [6, 6.07) is 5.65. The Morgan fingerprint density at radius 3 is 2.83 bits per heavy atom. The molecule has 1 saturated heterocycles. The lowest BCUT2D eigenvalue weighted by atomic mass is 10.1. The van der Waals surface area contributed by atoms with Crippen molar-refractivity contribution in [3.8, 4) is 17.5 Å². The second kappa shape index (κ2) is 7.98. The lowest BCUT2D eigenvalue weighted by molar-refractivity contribution is -0.153. The molecule has 160 valence electrons. The largest absolute Gasteiger partial charge is 0.484 e. The second-order valence-corrected chi connectivity index (χ2v) is 6.94. The second-order valence-electron chi connectivity index (χ2n) is 6.94. The molecule has 1 aliphatic rings. The maximum absolute atomic E-state index is 12.7. The van der Waals surface area contributed by atoms with E-state index in [4.69, 9.17) is 14.2 Å². The molecule has 1 atom stereocenters. The van der Waals surface area contributed by atoms with Crippen LogP contribution >= 0.6 is 0 Å². The molecule has 4 rings (SSSR count). The average Bonchev–Trinajstić information content (AvgIpc) is 3.15. The van der Waals surface area contributed by atoms with E-state index in [2.05, 4.69) is 10.1 Å². The normalized spacial score (nSPS) is 17.3. The number of alkyl halides is 3. The maximum atomic E-state index is 12.7. The SMILES string of the molecule is Cn1c(Oc2cccc(OCC(F)(F)F)c2)nc2c(cnn2C2CCCOC2)c1=O. The topological polar surface area (TPSA) is 80.4 Å². The lowest BCUT2D eigenvalue weighted by Gasteiger charge is -2.22. The van der Waals surface area contributed by atoms with Crippen molar-refractivity contribution < 1.29 is 27.4 Å². The number of hydrogen-bond acceptors (Lipinski definition) is 6. The van der Waals surface area contributed by atoms with Gasteiger partial charge in [-0.3, -0.25) is 9.36 Å². The number of hydrogen-bond donors (Lipinski definition) is 0. The number of aromatic nitrogens is 4. The summed E-state index contributed by atoms with van der Waals surface area (Å²) in [5.74, 6) is 0.170. The van der Waals surface area contributed by atoms with Crippen molar-refractivity contribution in [3.63, 3.8) is 0 Å². The summed E-state index contributed by atoms with van der Waals surface area (Å²) >= 11 is 0. The molecule has 0 aliphatic carbocycles. The quantitative estimate of drug-likeness (QED) is 0.626. The maximum Gasteiger partial charge on any atom is 0.422 e. The molecule has 1 fully saturated rings. The Kier molecular flexibility index (Phi) is 5.37. The first-order chi connectivity index (χ1) is 14.3. The highest BCUT2D eigenvalue weighted by Crippen LogP contribution is 2.27. The third-order valence-electron chi connectivity index (χ3n) is 4.69. The Hall–Kier alpha value is -3.08. The van der Waals surface area contributed by atoms with Crippen molar-refractivity contribution in [1.29, 1.82) is 0 Å². The van der Waals surface area contributed by atoms with Crippen molar-refractivity contribution in [1.82, 2.24) is 19.3 Å². The number of fused-ring (bicyclic) bond motifs is 1. The van der Waals surface area contributed by atoms with Gasteiger partial charge >= 0.3 is 12.2 Å². The van der Waals surface area contributed by atoms with Gasteiger partial charge in [-0.15, -0.1) is 0 Å². The van der Waals surface area contributed by atoms with Gasteiger partial charge in [0.25, 0.3) is 5.56 Å². The standard InChI is InChI=1S/C19H19F3N4O4/c1-25-17(27)15-9-23-26(12-4-3-7-28-10-12)16(15)24-18(25)30-14-6-2-5-13(8-14)29-11-19(20,21)22/h2,5-6,8-9,12H,3-4,7,10-11H2,1H3. The highest BCUT2D eigenvalue weighted by Gasteiger charge is 2.28. The number of benzene rings is 1. The first kappa shape index (κ1) is 20.2. The molecule has 8 nitrogen and oxygen atoms in total. The number of rotatable bonds is 5. The summed E-state index contributed by atoms with van der Waals surface area (Å²) in [6.07, 6.45) is -1.25. The van der Waals surface area contributed by atoms with Gasteiger partial charge in [-0.1, -0.05) is 6.07 Å². The lowest BCUT2D eigenvalue weighted by Crippen LogP contribution is -2.24. The van der Waals surface area contributed by atoms with Gasteiger partial charge in [-0.05, 0) is 25.0 Å². The Morgan fingerprint density at radius 2 is 2.10 bits per heavy atom. The van der Waals surface area contributed by atoms with Gasteiger partial charge in [0.1, 0.15) is 16.9 Å². The molecule has 0 saturated carbocycles. The summed E-state index contributed by atoms with van der Waals surface area (Å²) in [6.45, 7) is -0.254. The van der Waals surface area contributed by atoms with Crippen LogP contribution in [0, 0.1) is 0 Å². The molecule has 1 unspecified atom stereocenters. The molecule has 11 heteroatoms. The third-order valence-corrected chi connectivity index (χ3v) is 4.69. The van der Waals surface area contributed by atoms with Crippen LogP contribution in [0.2, 0.25) is 0 Å². The van der Waals surface area contributed by atoms with Crippen LogP contribution in [0.3, 0.4) is 0 Å². The van der Waals surface area contributed by atoms with Crippen molar-refractivity contribution in [3.05, 3.63) is 40.8 Å². The van der Waals surface area contributed by atoms with Gasteiger partial charge in [-0.2, -0.15) is 23.3 Å². The molecule has 30 heavy (non-hydrogen) atoms. The molecular formula is C19H19F3N4O4. The summed E-state index contributed by atoms with van der Waals surface area (Å²) in [5, 5.41) is 4.65. The molecule has 0 N–H and O–H groups in total. The van der Waals surface area contributed by atoms with E-state index < -0.39 is 12.8 Å². The number of nitrogens with zero attached hydrogens (tertiary/aromatic N) is 4. The minimum Gasteiger partial charge on any atom is -0.484 e. The molecule has 3 aromatic rings. The summed E-state index contributed by atoms with van der Waals surface area (Å²) in [4.78, 5) is 17.2. The van der Waals surface area contributed by atoms with E-state index >= 15 is 0 Å². The fraction of sp³-hybridized carbons (Fsp3) is 0.421. The van der Waals surface area contributed by atoms with E-state index in [0.29, 0.717) is 24.2 Å². The Balaban J connectivity index is 1.64. The van der Waals surface area contributed by atoms with Crippen LogP contribution in [0.5, 0.6) is 17.5 Å². The van der Waals surface area contributed by atoms with Crippen LogP contribution in [0.4, 0.5) is 13.2 Å². The molecule has 0 amide bonds.